The van der Waals surface area contributed by atoms with Crippen LogP contribution in [0.4, 0.5) is 0 Å². The van der Waals surface area contributed by atoms with Crippen molar-refractivity contribution in [2.75, 3.05) is 26.3 Å². The standard InChI is InChI=1S/C23H27NO5/c1-16-7-8-17(2)21(13-16)29-12-11-28-20-6-4-3-5-18(20)9-10-24-15-19(23(26)27)14-22(24)25/h3-8,13,19H,9-12,14-15H2,1-2H3,(H,26,27). The molecule has 3 rings (SSSR count). The van der Waals surface area contributed by atoms with Crippen molar-refractivity contribution in [3.8, 4) is 11.5 Å². The van der Waals surface area contributed by atoms with E-state index in [1.54, 1.807) is 4.90 Å². The highest BCUT2D eigenvalue weighted by Gasteiger charge is 2.33. The van der Waals surface area contributed by atoms with Gasteiger partial charge in [0.25, 0.3) is 0 Å². The van der Waals surface area contributed by atoms with Crippen molar-refractivity contribution >= 4 is 11.9 Å². The predicted octanol–water partition coefficient (Wildman–Crippen LogP) is 3.24. The second-order valence-corrected chi connectivity index (χ2v) is 7.40. The Balaban J connectivity index is 1.51. The monoisotopic (exact) mass is 397 g/mol. The van der Waals surface area contributed by atoms with Crippen LogP contribution in [0.2, 0.25) is 0 Å². The molecule has 2 aromatic rings. The van der Waals surface area contributed by atoms with Gasteiger partial charge in [0.2, 0.25) is 5.91 Å². The summed E-state index contributed by atoms with van der Waals surface area (Å²) in [4.78, 5) is 24.7. The number of hydrogen-bond donors (Lipinski definition) is 1. The van der Waals surface area contributed by atoms with Crippen LogP contribution >= 0.6 is 0 Å². The second-order valence-electron chi connectivity index (χ2n) is 7.40. The molecule has 6 heteroatoms. The first-order valence-electron chi connectivity index (χ1n) is 9.85. The molecule has 1 heterocycles. The minimum absolute atomic E-state index is 0.0865. The Hall–Kier alpha value is -3.02. The molecule has 0 radical (unpaired) electrons. The molecule has 0 aromatic heterocycles. The van der Waals surface area contributed by atoms with Gasteiger partial charge in [0, 0.05) is 19.5 Å². The molecule has 1 atom stereocenters. The van der Waals surface area contributed by atoms with Crippen molar-refractivity contribution in [1.29, 1.82) is 0 Å². The summed E-state index contributed by atoms with van der Waals surface area (Å²) in [6.45, 7) is 5.66. The van der Waals surface area contributed by atoms with Crippen LogP contribution in [0.3, 0.4) is 0 Å². The quantitative estimate of drug-likeness (QED) is 0.658. The van der Waals surface area contributed by atoms with Gasteiger partial charge < -0.3 is 19.5 Å². The lowest BCUT2D eigenvalue weighted by molar-refractivity contribution is -0.141. The average Bonchev–Trinajstić information content (AvgIpc) is 3.08. The molecule has 1 N–H and O–H groups in total. The Morgan fingerprint density at radius 3 is 2.55 bits per heavy atom. The number of aryl methyl sites for hydroxylation is 2. The topological polar surface area (TPSA) is 76.1 Å². The highest BCUT2D eigenvalue weighted by Crippen LogP contribution is 2.23. The maximum Gasteiger partial charge on any atom is 0.308 e. The minimum atomic E-state index is -0.909. The third-order valence-electron chi connectivity index (χ3n) is 5.13. The van der Waals surface area contributed by atoms with E-state index in [4.69, 9.17) is 14.6 Å². The van der Waals surface area contributed by atoms with Gasteiger partial charge in [0.1, 0.15) is 24.7 Å². The molecule has 0 saturated carbocycles. The molecule has 0 spiro atoms. The number of hydrogen-bond acceptors (Lipinski definition) is 4. The number of rotatable bonds is 9. The van der Waals surface area contributed by atoms with Gasteiger partial charge in [0.15, 0.2) is 0 Å². The van der Waals surface area contributed by atoms with E-state index in [1.807, 2.05) is 50.2 Å². The smallest absolute Gasteiger partial charge is 0.308 e. The van der Waals surface area contributed by atoms with Gasteiger partial charge in [-0.3, -0.25) is 9.59 Å². The zero-order chi connectivity index (χ0) is 20.8. The molecule has 29 heavy (non-hydrogen) atoms. The summed E-state index contributed by atoms with van der Waals surface area (Å²) in [5.74, 6) is 0.0169. The van der Waals surface area contributed by atoms with Crippen LogP contribution in [-0.4, -0.2) is 48.2 Å². The van der Waals surface area contributed by atoms with Crippen molar-refractivity contribution < 1.29 is 24.2 Å². The van der Waals surface area contributed by atoms with E-state index < -0.39 is 11.9 Å². The van der Waals surface area contributed by atoms with Gasteiger partial charge in [-0.1, -0.05) is 30.3 Å². The van der Waals surface area contributed by atoms with Crippen molar-refractivity contribution in [2.45, 2.75) is 26.7 Å². The number of aliphatic carboxylic acids is 1. The summed E-state index contributed by atoms with van der Waals surface area (Å²) < 4.78 is 11.7. The van der Waals surface area contributed by atoms with Gasteiger partial charge in [-0.25, -0.2) is 0 Å². The highest BCUT2D eigenvalue weighted by atomic mass is 16.5. The van der Waals surface area contributed by atoms with Crippen molar-refractivity contribution in [3.63, 3.8) is 0 Å². The lowest BCUT2D eigenvalue weighted by Gasteiger charge is -2.18. The van der Waals surface area contributed by atoms with Crippen LogP contribution in [0.15, 0.2) is 42.5 Å². The number of carbonyl (C=O) groups excluding carboxylic acids is 1. The van der Waals surface area contributed by atoms with E-state index >= 15 is 0 Å². The molecule has 1 unspecified atom stereocenters. The largest absolute Gasteiger partial charge is 0.490 e. The van der Waals surface area contributed by atoms with Gasteiger partial charge in [-0.15, -0.1) is 0 Å². The van der Waals surface area contributed by atoms with Gasteiger partial charge in [-0.05, 0) is 49.1 Å². The van der Waals surface area contributed by atoms with E-state index in [1.165, 1.54) is 0 Å². The van der Waals surface area contributed by atoms with Crippen LogP contribution in [-0.2, 0) is 16.0 Å². The van der Waals surface area contributed by atoms with Crippen LogP contribution in [0.5, 0.6) is 11.5 Å². The lowest BCUT2D eigenvalue weighted by Crippen LogP contribution is -2.28. The number of carboxylic acids is 1. The molecule has 1 amide bonds. The maximum atomic E-state index is 12.0. The van der Waals surface area contributed by atoms with E-state index in [9.17, 15) is 9.59 Å². The normalized spacial score (nSPS) is 16.1. The second kappa shape index (κ2) is 9.45. The Labute approximate surface area is 171 Å². The number of nitrogens with zero attached hydrogens (tertiary/aromatic N) is 1. The predicted molar refractivity (Wildman–Crippen MR) is 109 cm³/mol. The Morgan fingerprint density at radius 2 is 1.83 bits per heavy atom. The third kappa shape index (κ3) is 5.50. The number of carboxylic acid groups (broad SMARTS) is 1. The number of carbonyl (C=O) groups is 2. The third-order valence-corrected chi connectivity index (χ3v) is 5.13. The Bertz CT molecular complexity index is 879. The Kier molecular flexibility index (Phi) is 6.75. The van der Waals surface area contributed by atoms with Crippen molar-refractivity contribution in [3.05, 3.63) is 59.2 Å². The summed E-state index contributed by atoms with van der Waals surface area (Å²) in [5.41, 5.74) is 3.23. The summed E-state index contributed by atoms with van der Waals surface area (Å²) in [5, 5.41) is 9.10. The zero-order valence-corrected chi connectivity index (χ0v) is 16.9. The van der Waals surface area contributed by atoms with E-state index in [0.29, 0.717) is 26.2 Å². The summed E-state index contributed by atoms with van der Waals surface area (Å²) in [7, 11) is 0. The number of likely N-dealkylation sites (tertiary alicyclic amines) is 1. The number of ether oxygens (including phenoxy) is 2. The van der Waals surface area contributed by atoms with Crippen molar-refractivity contribution in [1.82, 2.24) is 4.90 Å². The maximum absolute atomic E-state index is 12.0. The SMILES string of the molecule is Cc1ccc(C)c(OCCOc2ccccc2CCN2CC(C(=O)O)CC2=O)c1. The minimum Gasteiger partial charge on any atom is -0.490 e. The Morgan fingerprint density at radius 1 is 1.10 bits per heavy atom. The molecule has 1 saturated heterocycles. The fourth-order valence-corrected chi connectivity index (χ4v) is 3.43. The zero-order valence-electron chi connectivity index (χ0n) is 16.9. The first kappa shape index (κ1) is 20.7. The van der Waals surface area contributed by atoms with Crippen LogP contribution in [0.25, 0.3) is 0 Å². The first-order valence-corrected chi connectivity index (χ1v) is 9.85. The van der Waals surface area contributed by atoms with Gasteiger partial charge in [-0.2, -0.15) is 0 Å². The molecule has 2 aromatic carbocycles. The molecular formula is C23H27NO5. The van der Waals surface area contributed by atoms with Gasteiger partial charge >= 0.3 is 5.97 Å². The lowest BCUT2D eigenvalue weighted by atomic mass is 10.1. The van der Waals surface area contributed by atoms with Crippen LogP contribution < -0.4 is 9.47 Å². The first-order chi connectivity index (χ1) is 13.9. The molecule has 6 nitrogen and oxygen atoms in total. The fourth-order valence-electron chi connectivity index (χ4n) is 3.43. The summed E-state index contributed by atoms with van der Waals surface area (Å²) in [6.07, 6.45) is 0.704. The highest BCUT2D eigenvalue weighted by molar-refractivity contribution is 5.86. The molecule has 1 aliphatic heterocycles. The fraction of sp³-hybridized carbons (Fsp3) is 0.391. The molecule has 0 aliphatic carbocycles. The summed E-state index contributed by atoms with van der Waals surface area (Å²) in [6, 6.07) is 13.8. The van der Waals surface area contributed by atoms with Gasteiger partial charge in [0.05, 0.1) is 5.92 Å². The summed E-state index contributed by atoms with van der Waals surface area (Å²) >= 11 is 0. The van der Waals surface area contributed by atoms with Crippen molar-refractivity contribution in [2.24, 2.45) is 5.92 Å². The molecule has 154 valence electrons. The molecule has 0 bridgehead atoms. The molecule has 1 aliphatic rings. The van der Waals surface area contributed by atoms with Crippen LogP contribution in [0.1, 0.15) is 23.1 Å². The number of benzene rings is 2. The van der Waals surface area contributed by atoms with Crippen LogP contribution in [0, 0.1) is 19.8 Å². The van der Waals surface area contributed by atoms with E-state index in [-0.39, 0.29) is 18.9 Å². The van der Waals surface area contributed by atoms with E-state index in [0.717, 1.165) is 28.2 Å². The molecular weight excluding hydrogens is 370 g/mol. The number of para-hydroxylation sites is 1. The van der Waals surface area contributed by atoms with E-state index in [2.05, 4.69) is 6.07 Å². The average molecular weight is 397 g/mol. The number of amides is 1. The molecule has 1 fully saturated rings.